The lowest BCUT2D eigenvalue weighted by Gasteiger charge is -2.13. The van der Waals surface area contributed by atoms with Gasteiger partial charge in [-0.25, -0.2) is 0 Å². The van der Waals surface area contributed by atoms with Crippen molar-refractivity contribution >= 4 is 40.7 Å². The van der Waals surface area contributed by atoms with Gasteiger partial charge in [-0.1, -0.05) is 66.5 Å². The maximum absolute atomic E-state index is 11.9. The van der Waals surface area contributed by atoms with Crippen LogP contribution in [-0.4, -0.2) is 18.4 Å². The Morgan fingerprint density at radius 1 is 1.00 bits per heavy atom. The second kappa shape index (κ2) is 7.99. The molecule has 4 nitrogen and oxygen atoms in total. The van der Waals surface area contributed by atoms with Crippen LogP contribution in [0.1, 0.15) is 18.4 Å². The van der Waals surface area contributed by atoms with Crippen LogP contribution in [0.3, 0.4) is 0 Å². The van der Waals surface area contributed by atoms with Gasteiger partial charge in [0, 0.05) is 6.54 Å². The van der Waals surface area contributed by atoms with Crippen molar-refractivity contribution < 1.29 is 9.59 Å². The predicted octanol–water partition coefficient (Wildman–Crippen LogP) is 3.85. The minimum atomic E-state index is -0.783. The summed E-state index contributed by atoms with van der Waals surface area (Å²) in [6, 6.07) is 14.6. The number of hydrogen-bond donors (Lipinski definition) is 2. The van der Waals surface area contributed by atoms with Gasteiger partial charge in [0.2, 0.25) is 0 Å². The number of carbonyl (C=O) groups excluding carboxylic acids is 2. The Morgan fingerprint density at radius 3 is 2.39 bits per heavy atom. The van der Waals surface area contributed by atoms with Crippen LogP contribution >= 0.6 is 23.2 Å². The SMILES string of the molecule is C[C@H](CNC(=O)C(=O)Nc1cccc(Cl)c1Cl)c1ccccc1. The topological polar surface area (TPSA) is 58.2 Å². The minimum absolute atomic E-state index is 0.0997. The Kier molecular flexibility index (Phi) is 6.02. The van der Waals surface area contributed by atoms with Crippen molar-refractivity contribution in [3.8, 4) is 0 Å². The molecule has 0 spiro atoms. The quantitative estimate of drug-likeness (QED) is 0.822. The molecule has 0 heterocycles. The maximum Gasteiger partial charge on any atom is 0.313 e. The number of halogens is 2. The normalized spacial score (nSPS) is 11.6. The molecule has 2 aromatic carbocycles. The monoisotopic (exact) mass is 350 g/mol. The van der Waals surface area contributed by atoms with Crippen molar-refractivity contribution in [1.82, 2.24) is 5.32 Å². The summed E-state index contributed by atoms with van der Waals surface area (Å²) < 4.78 is 0. The molecule has 0 aliphatic rings. The summed E-state index contributed by atoms with van der Waals surface area (Å²) in [4.78, 5) is 23.8. The van der Waals surface area contributed by atoms with Crippen LogP contribution in [-0.2, 0) is 9.59 Å². The van der Waals surface area contributed by atoms with Gasteiger partial charge in [-0.05, 0) is 23.6 Å². The van der Waals surface area contributed by atoms with Crippen LogP contribution in [0.25, 0.3) is 0 Å². The Balaban J connectivity index is 1.90. The number of benzene rings is 2. The van der Waals surface area contributed by atoms with E-state index < -0.39 is 11.8 Å². The molecule has 2 N–H and O–H groups in total. The molecule has 0 aromatic heterocycles. The van der Waals surface area contributed by atoms with Gasteiger partial charge in [0.25, 0.3) is 0 Å². The fourth-order valence-electron chi connectivity index (χ4n) is 2.00. The fraction of sp³-hybridized carbons (Fsp3) is 0.176. The van der Waals surface area contributed by atoms with Crippen molar-refractivity contribution in [3.63, 3.8) is 0 Å². The highest BCUT2D eigenvalue weighted by Crippen LogP contribution is 2.29. The van der Waals surface area contributed by atoms with E-state index in [0.717, 1.165) is 5.56 Å². The lowest BCUT2D eigenvalue weighted by molar-refractivity contribution is -0.136. The standard InChI is InChI=1S/C17H16Cl2N2O2/c1-11(12-6-3-2-4-7-12)10-20-16(22)17(23)21-14-9-5-8-13(18)15(14)19/h2-9,11H,10H2,1H3,(H,20,22)(H,21,23)/t11-/m1/s1. The van der Waals surface area contributed by atoms with Gasteiger partial charge in [-0.15, -0.1) is 0 Å². The molecule has 120 valence electrons. The average Bonchev–Trinajstić information content (AvgIpc) is 2.57. The van der Waals surface area contributed by atoms with Gasteiger partial charge in [0.05, 0.1) is 15.7 Å². The lowest BCUT2D eigenvalue weighted by atomic mass is 10.0. The summed E-state index contributed by atoms with van der Waals surface area (Å²) >= 11 is 11.8. The van der Waals surface area contributed by atoms with Crippen molar-refractivity contribution in [2.24, 2.45) is 0 Å². The molecule has 0 fully saturated rings. The highest BCUT2D eigenvalue weighted by Gasteiger charge is 2.17. The summed E-state index contributed by atoms with van der Waals surface area (Å²) in [6.07, 6.45) is 0. The Bertz CT molecular complexity index is 705. The van der Waals surface area contributed by atoms with E-state index >= 15 is 0 Å². The molecule has 0 aliphatic carbocycles. The smallest absolute Gasteiger partial charge is 0.313 e. The molecular weight excluding hydrogens is 335 g/mol. The van der Waals surface area contributed by atoms with E-state index in [0.29, 0.717) is 17.3 Å². The Morgan fingerprint density at radius 2 is 1.70 bits per heavy atom. The van der Waals surface area contributed by atoms with E-state index in [2.05, 4.69) is 10.6 Å². The summed E-state index contributed by atoms with van der Waals surface area (Å²) in [7, 11) is 0. The fourth-order valence-corrected chi connectivity index (χ4v) is 2.35. The number of nitrogens with one attached hydrogen (secondary N) is 2. The van der Waals surface area contributed by atoms with Crippen LogP contribution < -0.4 is 10.6 Å². The van der Waals surface area contributed by atoms with Crippen molar-refractivity contribution in [2.75, 3.05) is 11.9 Å². The summed E-state index contributed by atoms with van der Waals surface area (Å²) in [5.41, 5.74) is 1.39. The van der Waals surface area contributed by atoms with E-state index in [1.807, 2.05) is 37.3 Å². The predicted molar refractivity (Wildman–Crippen MR) is 93.0 cm³/mol. The van der Waals surface area contributed by atoms with Gasteiger partial charge < -0.3 is 10.6 Å². The van der Waals surface area contributed by atoms with Crippen molar-refractivity contribution in [1.29, 1.82) is 0 Å². The number of carbonyl (C=O) groups is 2. The third-order valence-electron chi connectivity index (χ3n) is 3.34. The number of anilines is 1. The molecule has 2 amide bonds. The first-order chi connectivity index (χ1) is 11.0. The average molecular weight is 351 g/mol. The van der Waals surface area contributed by atoms with Gasteiger partial charge in [0.15, 0.2) is 0 Å². The summed E-state index contributed by atoms with van der Waals surface area (Å²) in [6.45, 7) is 2.33. The van der Waals surface area contributed by atoms with Crippen LogP contribution in [0.4, 0.5) is 5.69 Å². The van der Waals surface area contributed by atoms with Gasteiger partial charge >= 0.3 is 11.8 Å². The molecule has 2 rings (SSSR count). The molecule has 0 saturated carbocycles. The first-order valence-corrected chi connectivity index (χ1v) is 7.82. The number of hydrogen-bond acceptors (Lipinski definition) is 2. The van der Waals surface area contributed by atoms with E-state index in [4.69, 9.17) is 23.2 Å². The zero-order chi connectivity index (χ0) is 16.8. The largest absolute Gasteiger partial charge is 0.347 e. The van der Waals surface area contributed by atoms with Crippen LogP contribution in [0.2, 0.25) is 10.0 Å². The van der Waals surface area contributed by atoms with E-state index in [9.17, 15) is 9.59 Å². The van der Waals surface area contributed by atoms with Gasteiger partial charge in [-0.2, -0.15) is 0 Å². The Labute approximate surface area is 144 Å². The molecule has 0 saturated heterocycles. The van der Waals surface area contributed by atoms with Crippen molar-refractivity contribution in [2.45, 2.75) is 12.8 Å². The molecule has 2 aromatic rings. The zero-order valence-electron chi connectivity index (χ0n) is 12.5. The highest BCUT2D eigenvalue weighted by atomic mass is 35.5. The zero-order valence-corrected chi connectivity index (χ0v) is 14.0. The maximum atomic E-state index is 11.9. The van der Waals surface area contributed by atoms with Crippen LogP contribution in [0.5, 0.6) is 0 Å². The molecule has 0 aliphatic heterocycles. The molecular formula is C17H16Cl2N2O2. The third-order valence-corrected chi connectivity index (χ3v) is 4.16. The number of rotatable bonds is 4. The number of amides is 2. The van der Waals surface area contributed by atoms with Crippen LogP contribution in [0.15, 0.2) is 48.5 Å². The molecule has 0 radical (unpaired) electrons. The van der Waals surface area contributed by atoms with Crippen molar-refractivity contribution in [3.05, 3.63) is 64.1 Å². The van der Waals surface area contributed by atoms with E-state index in [-0.39, 0.29) is 10.9 Å². The minimum Gasteiger partial charge on any atom is -0.347 e. The summed E-state index contributed by atoms with van der Waals surface area (Å²) in [5, 5.41) is 5.56. The Hall–Kier alpha value is -2.04. The van der Waals surface area contributed by atoms with E-state index in [1.165, 1.54) is 0 Å². The second-order valence-electron chi connectivity index (χ2n) is 5.08. The molecule has 0 unspecified atom stereocenters. The molecule has 1 atom stereocenters. The lowest BCUT2D eigenvalue weighted by Crippen LogP contribution is -2.37. The second-order valence-corrected chi connectivity index (χ2v) is 5.86. The molecule has 6 heteroatoms. The summed E-state index contributed by atoms with van der Waals surface area (Å²) in [5.74, 6) is -1.40. The first kappa shape index (κ1) is 17.3. The van der Waals surface area contributed by atoms with E-state index in [1.54, 1.807) is 18.2 Å². The van der Waals surface area contributed by atoms with Gasteiger partial charge in [0.1, 0.15) is 0 Å². The highest BCUT2D eigenvalue weighted by molar-refractivity contribution is 6.45. The van der Waals surface area contributed by atoms with Gasteiger partial charge in [-0.3, -0.25) is 9.59 Å². The first-order valence-electron chi connectivity index (χ1n) is 7.07. The molecule has 23 heavy (non-hydrogen) atoms. The third kappa shape index (κ3) is 4.71. The molecule has 0 bridgehead atoms. The van der Waals surface area contributed by atoms with Crippen LogP contribution in [0, 0.1) is 0 Å².